The predicted octanol–water partition coefficient (Wildman–Crippen LogP) is 1.90. The lowest BCUT2D eigenvalue weighted by atomic mass is 10.1. The Labute approximate surface area is 204 Å². The average Bonchev–Trinajstić information content (AvgIpc) is 3.24. The Morgan fingerprint density at radius 1 is 1.39 bits per heavy atom. The number of hydrogen-bond donors (Lipinski definition) is 1. The van der Waals surface area contributed by atoms with E-state index in [9.17, 15) is 22.5 Å². The Kier molecular flexibility index (Phi) is 6.15. The summed E-state index contributed by atoms with van der Waals surface area (Å²) < 4.78 is 72.7. The summed E-state index contributed by atoms with van der Waals surface area (Å²) in [5, 5.41) is 16.4. The van der Waals surface area contributed by atoms with Gasteiger partial charge in [-0.05, 0) is 25.8 Å². The molecule has 0 spiro atoms. The van der Waals surface area contributed by atoms with E-state index in [0.29, 0.717) is 43.8 Å². The van der Waals surface area contributed by atoms with Gasteiger partial charge in [0.25, 0.3) is 11.8 Å². The molecular formula is C21H23F2N7O5S. The van der Waals surface area contributed by atoms with Gasteiger partial charge >= 0.3 is 6.43 Å². The molecule has 4 heterocycles. The highest BCUT2D eigenvalue weighted by Gasteiger charge is 2.47. The summed E-state index contributed by atoms with van der Waals surface area (Å²) in [5.74, 6) is -1.17. The Morgan fingerprint density at radius 3 is 2.81 bits per heavy atom. The monoisotopic (exact) mass is 523 g/mol. The normalized spacial score (nSPS) is 21.7. The molecule has 2 aliphatic rings. The number of nitrogens with one attached hydrogen (secondary N) is 1. The third kappa shape index (κ3) is 4.41. The number of fused-ring (bicyclic) bond motifs is 1. The van der Waals surface area contributed by atoms with E-state index in [1.165, 1.54) is 22.9 Å². The highest BCUT2D eigenvalue weighted by molar-refractivity contribution is 7.89. The maximum atomic E-state index is 13.3. The van der Waals surface area contributed by atoms with Crippen LogP contribution in [0.15, 0.2) is 27.8 Å². The number of ether oxygens (including phenoxy) is 2. The molecule has 0 bridgehead atoms. The molecule has 192 valence electrons. The van der Waals surface area contributed by atoms with Gasteiger partial charge in [0.15, 0.2) is 0 Å². The number of morpholine rings is 1. The lowest BCUT2D eigenvalue weighted by Crippen LogP contribution is -2.50. The summed E-state index contributed by atoms with van der Waals surface area (Å²) in [6.07, 6.45) is 0.357. The minimum Gasteiger partial charge on any atom is -0.412 e. The van der Waals surface area contributed by atoms with E-state index in [0.717, 1.165) is 0 Å². The molecule has 1 aliphatic heterocycles. The number of imidazole rings is 1. The molecule has 36 heavy (non-hydrogen) atoms. The molecule has 0 aromatic carbocycles. The lowest BCUT2D eigenvalue weighted by molar-refractivity contribution is -0.0221. The number of methoxy groups -OCH3 is 1. The second kappa shape index (κ2) is 9.04. The number of alkyl halides is 2. The molecule has 2 fully saturated rings. The molecule has 1 saturated heterocycles. The van der Waals surface area contributed by atoms with Gasteiger partial charge in [-0.2, -0.15) is 18.8 Å². The highest BCUT2D eigenvalue weighted by Crippen LogP contribution is 2.37. The number of nitriles is 1. The molecule has 3 aromatic rings. The molecule has 1 aliphatic carbocycles. The van der Waals surface area contributed by atoms with Crippen LogP contribution in [0.3, 0.4) is 0 Å². The minimum atomic E-state index is -4.14. The Hall–Kier alpha value is -3.19. The molecule has 0 radical (unpaired) electrons. The van der Waals surface area contributed by atoms with Crippen molar-refractivity contribution in [1.82, 2.24) is 24.3 Å². The average molecular weight is 524 g/mol. The highest BCUT2D eigenvalue weighted by atomic mass is 32.2. The van der Waals surface area contributed by atoms with E-state index in [-0.39, 0.29) is 28.8 Å². The molecule has 12 nitrogen and oxygen atoms in total. The molecule has 1 N–H and O–H groups in total. The van der Waals surface area contributed by atoms with Crippen molar-refractivity contribution in [2.75, 3.05) is 31.8 Å². The van der Waals surface area contributed by atoms with Crippen LogP contribution in [0.5, 0.6) is 0 Å². The first-order chi connectivity index (χ1) is 17.2. The Balaban J connectivity index is 1.66. The standard InChI is InChI=1S/C21H23F2N7O5S/c1-12-9-34-13(10-33-2)7-29(12)15-5-14(36(31,32)28-21(11-24)3-4-21)8-30-16(15)6-25-18(30)20-27-26-19(35-20)17(22)23/h5-6,8,12-13,17,28H,3-4,7,9-10H2,1-2H3/t12-,13+/m0/s1. The van der Waals surface area contributed by atoms with Gasteiger partial charge in [0.2, 0.25) is 15.8 Å². The fourth-order valence-electron chi connectivity index (χ4n) is 4.12. The summed E-state index contributed by atoms with van der Waals surface area (Å²) in [6, 6.07) is 3.38. The largest absolute Gasteiger partial charge is 0.412 e. The zero-order valence-electron chi connectivity index (χ0n) is 19.4. The van der Waals surface area contributed by atoms with E-state index in [4.69, 9.17) is 13.9 Å². The van der Waals surface area contributed by atoms with E-state index in [1.54, 1.807) is 7.11 Å². The van der Waals surface area contributed by atoms with Crippen molar-refractivity contribution in [3.63, 3.8) is 0 Å². The van der Waals surface area contributed by atoms with Crippen molar-refractivity contribution in [1.29, 1.82) is 5.26 Å². The molecule has 15 heteroatoms. The summed E-state index contributed by atoms with van der Waals surface area (Å²) in [4.78, 5) is 6.11. The molecule has 0 unspecified atom stereocenters. The first kappa shape index (κ1) is 24.5. The van der Waals surface area contributed by atoms with Crippen LogP contribution in [0.1, 0.15) is 32.1 Å². The number of aromatic nitrogens is 4. The van der Waals surface area contributed by atoms with Crippen LogP contribution in [0.2, 0.25) is 0 Å². The van der Waals surface area contributed by atoms with Gasteiger partial charge < -0.3 is 18.8 Å². The summed E-state index contributed by atoms with van der Waals surface area (Å²) in [7, 11) is -2.57. The van der Waals surface area contributed by atoms with Crippen molar-refractivity contribution in [3.05, 3.63) is 24.4 Å². The number of nitrogens with zero attached hydrogens (tertiary/aromatic N) is 6. The summed E-state index contributed by atoms with van der Waals surface area (Å²) in [5.41, 5.74) is -0.129. The topological polar surface area (TPSA) is 148 Å². The molecule has 0 amide bonds. The molecular weight excluding hydrogens is 500 g/mol. The number of rotatable bonds is 8. The number of halogens is 2. The van der Waals surface area contributed by atoms with Gasteiger partial charge in [0.1, 0.15) is 10.4 Å². The van der Waals surface area contributed by atoms with Crippen molar-refractivity contribution in [2.45, 2.75) is 48.8 Å². The first-order valence-corrected chi connectivity index (χ1v) is 12.6. The molecule has 3 aromatic heterocycles. The van der Waals surface area contributed by atoms with Crippen LogP contribution in [-0.4, -0.2) is 72.6 Å². The van der Waals surface area contributed by atoms with E-state index < -0.39 is 27.9 Å². The van der Waals surface area contributed by atoms with Crippen LogP contribution in [0.25, 0.3) is 17.2 Å². The fraction of sp³-hybridized carbons (Fsp3) is 0.524. The van der Waals surface area contributed by atoms with Crippen LogP contribution in [-0.2, 0) is 19.5 Å². The number of pyridine rings is 1. The van der Waals surface area contributed by atoms with Gasteiger partial charge in [-0.25, -0.2) is 13.4 Å². The predicted molar refractivity (Wildman–Crippen MR) is 120 cm³/mol. The zero-order chi connectivity index (χ0) is 25.7. The Bertz CT molecular complexity index is 1430. The van der Waals surface area contributed by atoms with Gasteiger partial charge in [-0.1, -0.05) is 0 Å². The molecule has 1 saturated carbocycles. The first-order valence-electron chi connectivity index (χ1n) is 11.1. The van der Waals surface area contributed by atoms with E-state index in [2.05, 4.69) is 19.9 Å². The smallest absolute Gasteiger partial charge is 0.314 e. The lowest BCUT2D eigenvalue weighted by Gasteiger charge is -2.39. The maximum Gasteiger partial charge on any atom is 0.314 e. The Morgan fingerprint density at radius 2 is 2.17 bits per heavy atom. The number of hydrogen-bond acceptors (Lipinski definition) is 10. The van der Waals surface area contributed by atoms with Gasteiger partial charge in [0.05, 0.1) is 42.8 Å². The van der Waals surface area contributed by atoms with Gasteiger partial charge in [0, 0.05) is 25.9 Å². The van der Waals surface area contributed by atoms with E-state index >= 15 is 0 Å². The maximum absolute atomic E-state index is 13.3. The SMILES string of the molecule is COC[C@H]1CN(c2cc(S(=O)(=O)NC3(C#N)CC3)cn3c(-c4nnc(C(F)F)o4)ncc23)[C@@H](C)CO1. The third-order valence-electron chi connectivity index (χ3n) is 6.18. The number of anilines is 1. The summed E-state index contributed by atoms with van der Waals surface area (Å²) >= 11 is 0. The van der Waals surface area contributed by atoms with Crippen molar-refractivity contribution in [2.24, 2.45) is 0 Å². The molecule has 5 rings (SSSR count). The van der Waals surface area contributed by atoms with Crippen LogP contribution >= 0.6 is 0 Å². The van der Waals surface area contributed by atoms with Gasteiger partial charge in [-0.15, -0.1) is 10.2 Å². The van der Waals surface area contributed by atoms with Crippen LogP contribution in [0.4, 0.5) is 14.5 Å². The van der Waals surface area contributed by atoms with Crippen molar-refractivity contribution < 1.29 is 31.1 Å². The quantitative estimate of drug-likeness (QED) is 0.464. The third-order valence-corrected chi connectivity index (χ3v) is 7.69. The summed E-state index contributed by atoms with van der Waals surface area (Å²) in [6.45, 7) is 3.04. The van der Waals surface area contributed by atoms with Crippen LogP contribution < -0.4 is 9.62 Å². The fourth-order valence-corrected chi connectivity index (χ4v) is 5.51. The van der Waals surface area contributed by atoms with Crippen molar-refractivity contribution in [3.8, 4) is 17.8 Å². The van der Waals surface area contributed by atoms with Gasteiger partial charge in [-0.3, -0.25) is 4.40 Å². The number of sulfonamides is 1. The minimum absolute atomic E-state index is 0.00141. The van der Waals surface area contributed by atoms with E-state index in [1.807, 2.05) is 17.9 Å². The van der Waals surface area contributed by atoms with Crippen molar-refractivity contribution >= 4 is 21.2 Å². The van der Waals surface area contributed by atoms with Crippen LogP contribution in [0, 0.1) is 11.3 Å². The molecule has 2 atom stereocenters. The second-order valence-corrected chi connectivity index (χ2v) is 10.5. The second-order valence-electron chi connectivity index (χ2n) is 8.86. The zero-order valence-corrected chi connectivity index (χ0v) is 20.2.